The van der Waals surface area contributed by atoms with Crippen LogP contribution in [0, 0.1) is 0 Å². The lowest BCUT2D eigenvalue weighted by Crippen LogP contribution is -2.33. The van der Waals surface area contributed by atoms with E-state index in [1.165, 1.54) is 19.1 Å². The Bertz CT molecular complexity index is 1060. The minimum atomic E-state index is -0.793. The van der Waals surface area contributed by atoms with Crippen molar-refractivity contribution in [2.24, 2.45) is 0 Å². The van der Waals surface area contributed by atoms with Crippen molar-refractivity contribution in [1.29, 1.82) is 0 Å². The first kappa shape index (κ1) is 25.1. The van der Waals surface area contributed by atoms with Crippen molar-refractivity contribution in [3.8, 4) is 17.2 Å². The Morgan fingerprint density at radius 3 is 2.29 bits per heavy atom. The Kier molecular flexibility index (Phi) is 8.17. The Balaban J connectivity index is 2.12. The molecule has 2 aromatic rings. The number of rotatable bonds is 10. The average molecular weight is 470 g/mol. The molecule has 0 aliphatic carbocycles. The van der Waals surface area contributed by atoms with Gasteiger partial charge in [-0.1, -0.05) is 12.1 Å². The molecule has 2 aromatic carbocycles. The standard InChI is InChI=1S/C26H31NO7/c1-6-33-18-9-7-17(8-10-18)23-22(25(29)26(30)27(23)13-14-34-16(2)3)24(28)20-12-11-19(31-4)15-21(20)32-5/h7-12,15-16,23,28H,6,13-14H2,1-5H3/b24-22-. The molecule has 1 aliphatic heterocycles. The fraction of sp³-hybridized carbons (Fsp3) is 0.385. The van der Waals surface area contributed by atoms with Crippen molar-refractivity contribution in [2.45, 2.75) is 32.9 Å². The van der Waals surface area contributed by atoms with E-state index in [0.717, 1.165) is 0 Å². The summed E-state index contributed by atoms with van der Waals surface area (Å²) < 4.78 is 21.8. The number of nitrogens with zero attached hydrogens (tertiary/aromatic N) is 1. The zero-order valence-electron chi connectivity index (χ0n) is 20.2. The molecule has 1 atom stereocenters. The molecule has 3 rings (SSSR count). The van der Waals surface area contributed by atoms with Crippen LogP contribution in [0.5, 0.6) is 17.2 Å². The molecule has 182 valence electrons. The maximum atomic E-state index is 13.2. The number of carbonyl (C=O) groups is 2. The van der Waals surface area contributed by atoms with E-state index >= 15 is 0 Å². The highest BCUT2D eigenvalue weighted by Crippen LogP contribution is 2.41. The summed E-state index contributed by atoms with van der Waals surface area (Å²) in [6.07, 6.45) is -0.0238. The van der Waals surface area contributed by atoms with E-state index in [1.807, 2.05) is 20.8 Å². The summed E-state index contributed by atoms with van der Waals surface area (Å²) in [4.78, 5) is 27.6. The normalized spacial score (nSPS) is 17.4. The predicted molar refractivity (Wildman–Crippen MR) is 127 cm³/mol. The number of benzene rings is 2. The van der Waals surface area contributed by atoms with Crippen LogP contribution in [0.2, 0.25) is 0 Å². The van der Waals surface area contributed by atoms with Crippen molar-refractivity contribution in [1.82, 2.24) is 4.90 Å². The number of hydrogen-bond acceptors (Lipinski definition) is 7. The van der Waals surface area contributed by atoms with E-state index in [1.54, 1.807) is 42.5 Å². The van der Waals surface area contributed by atoms with Gasteiger partial charge in [0.2, 0.25) is 0 Å². The fourth-order valence-corrected chi connectivity index (χ4v) is 3.90. The number of aliphatic hydroxyl groups excluding tert-OH is 1. The lowest BCUT2D eigenvalue weighted by Gasteiger charge is -2.26. The first-order valence-electron chi connectivity index (χ1n) is 11.2. The molecule has 34 heavy (non-hydrogen) atoms. The third-order valence-corrected chi connectivity index (χ3v) is 5.49. The van der Waals surface area contributed by atoms with Gasteiger partial charge in [-0.15, -0.1) is 0 Å². The van der Waals surface area contributed by atoms with Gasteiger partial charge in [0.1, 0.15) is 23.0 Å². The molecule has 1 aliphatic rings. The second-order valence-electron chi connectivity index (χ2n) is 7.98. The third kappa shape index (κ3) is 5.17. The van der Waals surface area contributed by atoms with Crippen molar-refractivity contribution < 1.29 is 33.6 Å². The number of ether oxygens (including phenoxy) is 4. The summed E-state index contributed by atoms with van der Waals surface area (Å²) >= 11 is 0. The van der Waals surface area contributed by atoms with Crippen molar-refractivity contribution in [2.75, 3.05) is 34.0 Å². The molecule has 0 spiro atoms. The maximum absolute atomic E-state index is 13.2. The molecule has 1 heterocycles. The Morgan fingerprint density at radius 1 is 1.03 bits per heavy atom. The molecule has 0 radical (unpaired) electrons. The third-order valence-electron chi connectivity index (χ3n) is 5.49. The number of amides is 1. The maximum Gasteiger partial charge on any atom is 0.295 e. The highest BCUT2D eigenvalue weighted by atomic mass is 16.5. The van der Waals surface area contributed by atoms with Crippen LogP contribution in [0.3, 0.4) is 0 Å². The van der Waals surface area contributed by atoms with Gasteiger partial charge in [-0.3, -0.25) is 9.59 Å². The van der Waals surface area contributed by atoms with E-state index in [-0.39, 0.29) is 36.2 Å². The fourth-order valence-electron chi connectivity index (χ4n) is 3.90. The van der Waals surface area contributed by atoms with E-state index in [4.69, 9.17) is 18.9 Å². The van der Waals surface area contributed by atoms with Gasteiger partial charge >= 0.3 is 0 Å². The highest BCUT2D eigenvalue weighted by molar-refractivity contribution is 6.46. The van der Waals surface area contributed by atoms with E-state index < -0.39 is 17.7 Å². The Hall–Kier alpha value is -3.52. The number of ketones is 1. The monoisotopic (exact) mass is 469 g/mol. The van der Waals surface area contributed by atoms with E-state index in [2.05, 4.69) is 0 Å². The Morgan fingerprint density at radius 2 is 1.71 bits per heavy atom. The number of methoxy groups -OCH3 is 2. The summed E-state index contributed by atoms with van der Waals surface area (Å²) in [7, 11) is 2.97. The minimum Gasteiger partial charge on any atom is -0.507 e. The number of aliphatic hydroxyl groups is 1. The van der Waals surface area contributed by atoms with E-state index in [0.29, 0.717) is 29.4 Å². The smallest absolute Gasteiger partial charge is 0.295 e. The van der Waals surface area contributed by atoms with Gasteiger partial charge in [-0.05, 0) is 50.6 Å². The van der Waals surface area contributed by atoms with Crippen LogP contribution in [0.4, 0.5) is 0 Å². The Labute approximate surface area is 199 Å². The van der Waals surface area contributed by atoms with Crippen LogP contribution in [0.15, 0.2) is 48.0 Å². The molecule has 0 bridgehead atoms. The zero-order valence-corrected chi connectivity index (χ0v) is 20.2. The van der Waals surface area contributed by atoms with Crippen LogP contribution in [0.1, 0.15) is 37.9 Å². The summed E-state index contributed by atoms with van der Waals surface area (Å²) in [5.41, 5.74) is 0.944. The molecule has 1 amide bonds. The number of likely N-dealkylation sites (tertiary alicyclic amines) is 1. The molecule has 8 heteroatoms. The van der Waals surface area contributed by atoms with Crippen LogP contribution in [0.25, 0.3) is 5.76 Å². The second kappa shape index (κ2) is 11.1. The van der Waals surface area contributed by atoms with Crippen molar-refractivity contribution in [3.05, 3.63) is 59.2 Å². The van der Waals surface area contributed by atoms with Gasteiger partial charge in [0.15, 0.2) is 0 Å². The molecule has 1 N–H and O–H groups in total. The predicted octanol–water partition coefficient (Wildman–Crippen LogP) is 3.95. The average Bonchev–Trinajstić information content (AvgIpc) is 3.08. The van der Waals surface area contributed by atoms with Gasteiger partial charge in [-0.25, -0.2) is 0 Å². The molecule has 1 fully saturated rings. The molecule has 8 nitrogen and oxygen atoms in total. The highest BCUT2D eigenvalue weighted by Gasteiger charge is 2.46. The molecule has 1 saturated heterocycles. The second-order valence-corrected chi connectivity index (χ2v) is 7.98. The quantitative estimate of drug-likeness (QED) is 0.320. The summed E-state index contributed by atoms with van der Waals surface area (Å²) in [6.45, 7) is 6.64. The van der Waals surface area contributed by atoms with Gasteiger partial charge in [0, 0.05) is 12.6 Å². The summed E-state index contributed by atoms with van der Waals surface area (Å²) in [5.74, 6) is -0.259. The largest absolute Gasteiger partial charge is 0.507 e. The van der Waals surface area contributed by atoms with E-state index in [9.17, 15) is 14.7 Å². The molecular weight excluding hydrogens is 438 g/mol. The molecule has 0 saturated carbocycles. The zero-order chi connectivity index (χ0) is 24.8. The molecule has 1 unspecified atom stereocenters. The molecule has 0 aromatic heterocycles. The summed E-state index contributed by atoms with van der Waals surface area (Å²) in [6, 6.07) is 11.2. The van der Waals surface area contributed by atoms with Crippen molar-refractivity contribution >= 4 is 17.4 Å². The van der Waals surface area contributed by atoms with Crippen LogP contribution >= 0.6 is 0 Å². The first-order chi connectivity index (χ1) is 16.3. The topological polar surface area (TPSA) is 94.5 Å². The van der Waals surface area contributed by atoms with Crippen LogP contribution in [-0.4, -0.2) is 61.8 Å². The number of carbonyl (C=O) groups excluding carboxylic acids is 2. The molecular formula is C26H31NO7. The summed E-state index contributed by atoms with van der Waals surface area (Å²) in [5, 5.41) is 11.3. The van der Waals surface area contributed by atoms with Gasteiger partial charge in [0.05, 0.1) is 50.7 Å². The minimum absolute atomic E-state index is 0.0119. The van der Waals surface area contributed by atoms with Crippen LogP contribution < -0.4 is 14.2 Å². The van der Waals surface area contributed by atoms with Crippen molar-refractivity contribution in [3.63, 3.8) is 0 Å². The van der Waals surface area contributed by atoms with Gasteiger partial charge < -0.3 is 29.0 Å². The number of hydrogen-bond donors (Lipinski definition) is 1. The lowest BCUT2D eigenvalue weighted by molar-refractivity contribution is -0.140. The lowest BCUT2D eigenvalue weighted by atomic mass is 9.95. The van der Waals surface area contributed by atoms with Crippen LogP contribution in [-0.2, 0) is 14.3 Å². The SMILES string of the molecule is CCOc1ccc(C2/C(=C(/O)c3ccc(OC)cc3OC)C(=O)C(=O)N2CCOC(C)C)cc1. The number of Topliss-reactive ketones (excluding diaryl/α,β-unsaturated/α-hetero) is 1. The van der Waals surface area contributed by atoms with Gasteiger partial charge in [-0.2, -0.15) is 0 Å². The van der Waals surface area contributed by atoms with Gasteiger partial charge in [0.25, 0.3) is 11.7 Å². The first-order valence-corrected chi connectivity index (χ1v) is 11.2.